The van der Waals surface area contributed by atoms with E-state index in [0.717, 1.165) is 35.5 Å². The number of nitrogens with one attached hydrogen (secondary N) is 1. The second-order valence-electron chi connectivity index (χ2n) is 5.89. The number of hydrogen-bond acceptors (Lipinski definition) is 3. The van der Waals surface area contributed by atoms with E-state index in [-0.39, 0.29) is 11.5 Å². The lowest BCUT2D eigenvalue weighted by Crippen LogP contribution is -2.33. The quantitative estimate of drug-likeness (QED) is 0.902. The van der Waals surface area contributed by atoms with Crippen molar-refractivity contribution in [2.75, 3.05) is 26.8 Å². The Hall–Kier alpha value is -0.580. The molecule has 1 fully saturated rings. The molecule has 0 aliphatic carbocycles. The van der Waals surface area contributed by atoms with Gasteiger partial charge in [-0.05, 0) is 39.0 Å². The van der Waals surface area contributed by atoms with Gasteiger partial charge in [0, 0.05) is 18.7 Å². The molecular formula is C15H22BrNO2. The van der Waals surface area contributed by atoms with E-state index < -0.39 is 0 Å². The van der Waals surface area contributed by atoms with Crippen LogP contribution in [-0.2, 0) is 10.2 Å². The Labute approximate surface area is 123 Å². The first-order valence-corrected chi connectivity index (χ1v) is 7.43. The van der Waals surface area contributed by atoms with Crippen molar-refractivity contribution in [2.24, 2.45) is 0 Å². The van der Waals surface area contributed by atoms with Crippen molar-refractivity contribution in [3.8, 4) is 5.75 Å². The Balaban J connectivity index is 2.46. The van der Waals surface area contributed by atoms with E-state index in [2.05, 4.69) is 54.2 Å². The third-order valence-electron chi connectivity index (χ3n) is 3.42. The number of halogens is 1. The van der Waals surface area contributed by atoms with Crippen LogP contribution in [0.2, 0.25) is 0 Å². The van der Waals surface area contributed by atoms with Crippen molar-refractivity contribution in [3.05, 3.63) is 27.7 Å². The average molecular weight is 328 g/mol. The molecule has 0 amide bonds. The fourth-order valence-corrected chi connectivity index (χ4v) is 2.90. The summed E-state index contributed by atoms with van der Waals surface area (Å²) in [5.74, 6) is 0.877. The summed E-state index contributed by atoms with van der Waals surface area (Å²) in [7, 11) is 1.70. The highest BCUT2D eigenvalue weighted by molar-refractivity contribution is 9.10. The molecule has 1 heterocycles. The molecular weight excluding hydrogens is 306 g/mol. The zero-order chi connectivity index (χ0) is 14.0. The number of methoxy groups -OCH3 is 1. The maximum absolute atomic E-state index is 5.87. The van der Waals surface area contributed by atoms with Crippen molar-refractivity contribution < 1.29 is 9.47 Å². The third kappa shape index (κ3) is 3.30. The van der Waals surface area contributed by atoms with E-state index in [0.29, 0.717) is 0 Å². The Morgan fingerprint density at radius 3 is 2.63 bits per heavy atom. The standard InChI is InChI=1S/C15H22BrNO2/c1-15(2,3)10-7-11(13-9-17-5-6-19-13)14(18-4)12(16)8-10/h7-8,13,17H,5-6,9H2,1-4H3. The predicted molar refractivity (Wildman–Crippen MR) is 81.0 cm³/mol. The minimum absolute atomic E-state index is 0.0577. The fourth-order valence-electron chi connectivity index (χ4n) is 2.27. The van der Waals surface area contributed by atoms with Gasteiger partial charge in [-0.25, -0.2) is 0 Å². The van der Waals surface area contributed by atoms with Crippen LogP contribution in [0.1, 0.15) is 38.0 Å². The van der Waals surface area contributed by atoms with Crippen LogP contribution in [-0.4, -0.2) is 26.8 Å². The third-order valence-corrected chi connectivity index (χ3v) is 4.01. The molecule has 1 N–H and O–H groups in total. The highest BCUT2D eigenvalue weighted by Gasteiger charge is 2.24. The Morgan fingerprint density at radius 1 is 1.37 bits per heavy atom. The molecule has 0 bridgehead atoms. The summed E-state index contributed by atoms with van der Waals surface area (Å²) >= 11 is 3.62. The van der Waals surface area contributed by atoms with Gasteiger partial charge in [-0.2, -0.15) is 0 Å². The maximum atomic E-state index is 5.87. The molecule has 4 heteroatoms. The first-order valence-electron chi connectivity index (χ1n) is 6.63. The molecule has 0 aromatic heterocycles. The van der Waals surface area contributed by atoms with Crippen LogP contribution in [0.4, 0.5) is 0 Å². The minimum atomic E-state index is 0.0577. The van der Waals surface area contributed by atoms with E-state index >= 15 is 0 Å². The summed E-state index contributed by atoms with van der Waals surface area (Å²) < 4.78 is 12.4. The molecule has 0 radical (unpaired) electrons. The number of benzene rings is 1. The lowest BCUT2D eigenvalue weighted by molar-refractivity contribution is 0.0261. The molecule has 3 nitrogen and oxygen atoms in total. The van der Waals surface area contributed by atoms with Crippen LogP contribution in [0.25, 0.3) is 0 Å². The first-order chi connectivity index (χ1) is 8.93. The topological polar surface area (TPSA) is 30.5 Å². The molecule has 1 aromatic rings. The first kappa shape index (κ1) is 14.8. The van der Waals surface area contributed by atoms with Crippen molar-refractivity contribution in [2.45, 2.75) is 32.3 Å². The van der Waals surface area contributed by atoms with Gasteiger partial charge in [0.05, 0.1) is 24.3 Å². The van der Waals surface area contributed by atoms with E-state index in [1.165, 1.54) is 5.56 Å². The second kappa shape index (κ2) is 5.81. The number of morpholine rings is 1. The fraction of sp³-hybridized carbons (Fsp3) is 0.600. The molecule has 19 heavy (non-hydrogen) atoms. The van der Waals surface area contributed by atoms with Crippen LogP contribution < -0.4 is 10.1 Å². The minimum Gasteiger partial charge on any atom is -0.495 e. The van der Waals surface area contributed by atoms with E-state index in [9.17, 15) is 0 Å². The molecule has 1 atom stereocenters. The lowest BCUT2D eigenvalue weighted by atomic mass is 9.85. The van der Waals surface area contributed by atoms with Gasteiger partial charge >= 0.3 is 0 Å². The normalized spacial score (nSPS) is 20.4. The highest BCUT2D eigenvalue weighted by atomic mass is 79.9. The Kier molecular flexibility index (Phi) is 4.54. The van der Waals surface area contributed by atoms with Crippen LogP contribution in [0.5, 0.6) is 5.75 Å². The van der Waals surface area contributed by atoms with Gasteiger partial charge in [0.1, 0.15) is 5.75 Å². The van der Waals surface area contributed by atoms with E-state index in [1.54, 1.807) is 7.11 Å². The molecule has 1 aromatic carbocycles. The summed E-state index contributed by atoms with van der Waals surface area (Å²) in [4.78, 5) is 0. The van der Waals surface area contributed by atoms with E-state index in [1.807, 2.05) is 0 Å². The largest absolute Gasteiger partial charge is 0.495 e. The smallest absolute Gasteiger partial charge is 0.138 e. The van der Waals surface area contributed by atoms with Crippen LogP contribution in [0, 0.1) is 0 Å². The molecule has 1 unspecified atom stereocenters. The molecule has 1 aliphatic rings. The van der Waals surface area contributed by atoms with Crippen LogP contribution in [0.15, 0.2) is 16.6 Å². The van der Waals surface area contributed by atoms with E-state index in [4.69, 9.17) is 9.47 Å². The zero-order valence-corrected chi connectivity index (χ0v) is 13.6. The molecule has 0 saturated carbocycles. The zero-order valence-electron chi connectivity index (χ0n) is 12.0. The molecule has 1 saturated heterocycles. The van der Waals surface area contributed by atoms with Gasteiger partial charge in [0.15, 0.2) is 0 Å². The van der Waals surface area contributed by atoms with Crippen molar-refractivity contribution in [1.82, 2.24) is 5.32 Å². The SMILES string of the molecule is COc1c(Br)cc(C(C)(C)C)cc1C1CNCCO1. The monoisotopic (exact) mass is 327 g/mol. The van der Waals surface area contributed by atoms with Crippen LogP contribution in [0.3, 0.4) is 0 Å². The van der Waals surface area contributed by atoms with Gasteiger partial charge in [0.25, 0.3) is 0 Å². The molecule has 0 spiro atoms. The summed E-state index contributed by atoms with van der Waals surface area (Å²) in [6.07, 6.45) is 0.0577. The summed E-state index contributed by atoms with van der Waals surface area (Å²) in [6, 6.07) is 4.35. The second-order valence-corrected chi connectivity index (χ2v) is 6.75. The number of rotatable bonds is 2. The molecule has 106 valence electrons. The molecule has 2 rings (SSSR count). The van der Waals surface area contributed by atoms with Crippen molar-refractivity contribution in [3.63, 3.8) is 0 Å². The van der Waals surface area contributed by atoms with Gasteiger partial charge in [-0.3, -0.25) is 0 Å². The number of ether oxygens (including phenoxy) is 2. The summed E-state index contributed by atoms with van der Waals surface area (Å²) in [6.45, 7) is 9.13. The van der Waals surface area contributed by atoms with Gasteiger partial charge in [-0.1, -0.05) is 20.8 Å². The van der Waals surface area contributed by atoms with Gasteiger partial charge in [-0.15, -0.1) is 0 Å². The summed E-state index contributed by atoms with van der Waals surface area (Å²) in [5.41, 5.74) is 2.50. The van der Waals surface area contributed by atoms with Gasteiger partial charge < -0.3 is 14.8 Å². The average Bonchev–Trinajstić information content (AvgIpc) is 2.37. The highest BCUT2D eigenvalue weighted by Crippen LogP contribution is 2.39. The Bertz CT molecular complexity index is 448. The van der Waals surface area contributed by atoms with Gasteiger partial charge in [0.2, 0.25) is 0 Å². The van der Waals surface area contributed by atoms with Crippen molar-refractivity contribution >= 4 is 15.9 Å². The predicted octanol–water partition coefficient (Wildman–Crippen LogP) is 3.42. The van der Waals surface area contributed by atoms with Crippen molar-refractivity contribution in [1.29, 1.82) is 0 Å². The maximum Gasteiger partial charge on any atom is 0.138 e. The molecule has 1 aliphatic heterocycles. The summed E-state index contributed by atoms with van der Waals surface area (Å²) in [5, 5.41) is 3.37. The number of hydrogen-bond donors (Lipinski definition) is 1. The lowest BCUT2D eigenvalue weighted by Gasteiger charge is -2.28. The van der Waals surface area contributed by atoms with Crippen LogP contribution >= 0.6 is 15.9 Å². The Morgan fingerprint density at radius 2 is 2.11 bits per heavy atom.